The molecule has 0 aliphatic carbocycles. The van der Waals surface area contributed by atoms with Gasteiger partial charge < -0.3 is 5.32 Å². The van der Waals surface area contributed by atoms with Crippen LogP contribution in [0.5, 0.6) is 0 Å². The predicted octanol–water partition coefficient (Wildman–Crippen LogP) is 5.70. The summed E-state index contributed by atoms with van der Waals surface area (Å²) in [6, 6.07) is 14.5. The number of thioether (sulfide) groups is 1. The Morgan fingerprint density at radius 1 is 1.19 bits per heavy atom. The average molecular weight is 523 g/mol. The van der Waals surface area contributed by atoms with E-state index in [1.165, 1.54) is 22.7 Å². The molecule has 1 aliphatic rings. The van der Waals surface area contributed by atoms with E-state index in [1.807, 2.05) is 51.1 Å². The van der Waals surface area contributed by atoms with Gasteiger partial charge in [-0.05, 0) is 38.0 Å². The third-order valence-electron chi connectivity index (χ3n) is 6.65. The molecule has 1 aliphatic heterocycles. The highest BCUT2D eigenvalue weighted by Crippen LogP contribution is 2.49. The number of fused-ring (bicyclic) bond motifs is 1. The molecular weight excluding hydrogens is 487 g/mol. The highest BCUT2D eigenvalue weighted by Gasteiger charge is 2.40. The van der Waals surface area contributed by atoms with Crippen molar-refractivity contribution in [1.29, 1.82) is 0 Å². The Kier molecular flexibility index (Phi) is 7.78. The van der Waals surface area contributed by atoms with Crippen molar-refractivity contribution >= 4 is 29.4 Å². The van der Waals surface area contributed by atoms with Crippen LogP contribution in [-0.2, 0) is 15.0 Å². The fraction of sp³-hybridized carbons (Fsp3) is 0.414. The van der Waals surface area contributed by atoms with E-state index in [4.69, 9.17) is 5.10 Å². The quantitative estimate of drug-likeness (QED) is 0.451. The number of hydrogen-bond acceptors (Lipinski definition) is 4. The van der Waals surface area contributed by atoms with Crippen molar-refractivity contribution in [3.05, 3.63) is 76.7 Å². The van der Waals surface area contributed by atoms with Crippen LogP contribution in [0.15, 0.2) is 48.5 Å². The van der Waals surface area contributed by atoms with Gasteiger partial charge in [0.05, 0.1) is 22.4 Å². The van der Waals surface area contributed by atoms with Crippen LogP contribution in [0.4, 0.5) is 10.2 Å². The summed E-state index contributed by atoms with van der Waals surface area (Å²) >= 11 is 1.38. The van der Waals surface area contributed by atoms with Crippen molar-refractivity contribution in [3.63, 3.8) is 0 Å². The van der Waals surface area contributed by atoms with E-state index in [0.29, 0.717) is 11.4 Å². The fourth-order valence-corrected chi connectivity index (χ4v) is 5.76. The predicted molar refractivity (Wildman–Crippen MR) is 148 cm³/mol. The first-order valence-electron chi connectivity index (χ1n) is 12.7. The summed E-state index contributed by atoms with van der Waals surface area (Å²) in [6.45, 7) is 12.0. The third kappa shape index (κ3) is 5.44. The molecule has 0 spiro atoms. The Balaban J connectivity index is 2.02. The number of anilines is 1. The van der Waals surface area contributed by atoms with Crippen molar-refractivity contribution in [3.8, 4) is 5.69 Å². The molecule has 0 bridgehead atoms. The number of halogens is 1. The number of nitrogens with zero attached hydrogens (tertiary/aromatic N) is 3. The number of hydrogen-bond donors (Lipinski definition) is 1. The Hall–Kier alpha value is -3.13. The lowest BCUT2D eigenvalue weighted by molar-refractivity contribution is -0.123. The third-order valence-corrected chi connectivity index (χ3v) is 7.89. The summed E-state index contributed by atoms with van der Waals surface area (Å²) in [5, 5.41) is 7.58. The van der Waals surface area contributed by atoms with E-state index in [0.717, 1.165) is 28.9 Å². The normalized spacial score (nSPS) is 16.8. The fourth-order valence-electron chi connectivity index (χ4n) is 4.54. The minimum atomic E-state index is -0.463. The second kappa shape index (κ2) is 10.7. The van der Waals surface area contributed by atoms with Gasteiger partial charge in [0.2, 0.25) is 11.8 Å². The number of nitrogens with one attached hydrogen (secondary N) is 1. The topological polar surface area (TPSA) is 67.2 Å². The molecule has 4 rings (SSSR count). The molecule has 1 N–H and O–H groups in total. The van der Waals surface area contributed by atoms with Crippen molar-refractivity contribution in [2.75, 3.05) is 17.2 Å². The van der Waals surface area contributed by atoms with Crippen LogP contribution in [0, 0.1) is 12.7 Å². The van der Waals surface area contributed by atoms with Gasteiger partial charge in [-0.2, -0.15) is 5.10 Å². The highest BCUT2D eigenvalue weighted by molar-refractivity contribution is 8.00. The SMILES string of the molecule is CC[C@H](C)NC(=O)CN1C(=O)CS[C@@H](c2ccccc2F)c2c(C(C)(C)C)nn(-c3ccccc3C)c21. The summed E-state index contributed by atoms with van der Waals surface area (Å²) in [5.41, 5.74) is 3.43. The molecule has 37 heavy (non-hydrogen) atoms. The lowest BCUT2D eigenvalue weighted by Gasteiger charge is -2.25. The van der Waals surface area contributed by atoms with Crippen LogP contribution in [-0.4, -0.2) is 39.9 Å². The first kappa shape index (κ1) is 26.9. The van der Waals surface area contributed by atoms with Gasteiger partial charge in [0.1, 0.15) is 18.2 Å². The number of carbonyl (C=O) groups is 2. The van der Waals surface area contributed by atoms with Crippen molar-refractivity contribution in [2.45, 2.75) is 64.7 Å². The van der Waals surface area contributed by atoms with E-state index < -0.39 is 10.7 Å². The van der Waals surface area contributed by atoms with Gasteiger partial charge in [0, 0.05) is 22.6 Å². The van der Waals surface area contributed by atoms with Gasteiger partial charge in [-0.25, -0.2) is 9.07 Å². The van der Waals surface area contributed by atoms with Crippen LogP contribution in [0.2, 0.25) is 0 Å². The first-order chi connectivity index (χ1) is 17.5. The molecule has 2 amide bonds. The standard InChI is InChI=1S/C29H35FN4O2S/c1-7-19(3)31-23(35)16-33-24(36)17-37-26(20-13-9-10-14-21(20)30)25-27(29(4,5)6)32-34(28(25)33)22-15-11-8-12-18(22)2/h8-15,19,26H,7,16-17H2,1-6H3,(H,31,35)/t19-,26-/m0/s1. The number of aromatic nitrogens is 2. The second-order valence-electron chi connectivity index (χ2n) is 10.6. The Morgan fingerprint density at radius 2 is 1.86 bits per heavy atom. The Morgan fingerprint density at radius 3 is 2.51 bits per heavy atom. The second-order valence-corrected chi connectivity index (χ2v) is 11.7. The van der Waals surface area contributed by atoms with E-state index in [-0.39, 0.29) is 36.0 Å². The molecule has 0 saturated heterocycles. The molecule has 0 fully saturated rings. The minimum Gasteiger partial charge on any atom is -0.352 e. The molecular formula is C29H35FN4O2S. The molecule has 1 aromatic heterocycles. The van der Waals surface area contributed by atoms with E-state index in [2.05, 4.69) is 26.1 Å². The molecule has 8 heteroatoms. The monoisotopic (exact) mass is 522 g/mol. The Bertz CT molecular complexity index is 1310. The maximum absolute atomic E-state index is 15.2. The van der Waals surface area contributed by atoms with Gasteiger partial charge in [-0.15, -0.1) is 11.8 Å². The number of amides is 2. The van der Waals surface area contributed by atoms with Crippen LogP contribution < -0.4 is 10.2 Å². The zero-order valence-corrected chi connectivity index (χ0v) is 23.2. The van der Waals surface area contributed by atoms with Crippen LogP contribution in [0.1, 0.15) is 68.7 Å². The molecule has 2 atom stereocenters. The number of benzene rings is 2. The summed E-state index contributed by atoms with van der Waals surface area (Å²) in [5.74, 6) is -0.133. The first-order valence-corrected chi connectivity index (χ1v) is 13.7. The highest BCUT2D eigenvalue weighted by atomic mass is 32.2. The average Bonchev–Trinajstić information content (AvgIpc) is 3.18. The van der Waals surface area contributed by atoms with E-state index in [1.54, 1.807) is 16.8 Å². The number of para-hydroxylation sites is 1. The van der Waals surface area contributed by atoms with E-state index in [9.17, 15) is 9.59 Å². The van der Waals surface area contributed by atoms with Gasteiger partial charge in [0.15, 0.2) is 0 Å². The van der Waals surface area contributed by atoms with Crippen molar-refractivity contribution < 1.29 is 14.0 Å². The minimum absolute atomic E-state index is 0.0130. The number of rotatable bonds is 6. The number of carbonyl (C=O) groups excluding carboxylic acids is 2. The van der Waals surface area contributed by atoms with Gasteiger partial charge in [0.25, 0.3) is 0 Å². The molecule has 6 nitrogen and oxygen atoms in total. The zero-order valence-electron chi connectivity index (χ0n) is 22.3. The smallest absolute Gasteiger partial charge is 0.240 e. The molecule has 2 aromatic carbocycles. The maximum Gasteiger partial charge on any atom is 0.240 e. The molecule has 0 radical (unpaired) electrons. The lowest BCUT2D eigenvalue weighted by Crippen LogP contribution is -2.44. The summed E-state index contributed by atoms with van der Waals surface area (Å²) in [6.07, 6.45) is 0.783. The lowest BCUT2D eigenvalue weighted by atomic mass is 9.87. The summed E-state index contributed by atoms with van der Waals surface area (Å²) < 4.78 is 17.0. The Labute approximate surface area is 222 Å². The van der Waals surface area contributed by atoms with Crippen LogP contribution >= 0.6 is 11.8 Å². The zero-order chi connectivity index (χ0) is 26.9. The summed E-state index contributed by atoms with van der Waals surface area (Å²) in [7, 11) is 0. The van der Waals surface area contributed by atoms with Crippen molar-refractivity contribution in [2.24, 2.45) is 0 Å². The van der Waals surface area contributed by atoms with E-state index >= 15 is 4.39 Å². The molecule has 0 saturated carbocycles. The van der Waals surface area contributed by atoms with Gasteiger partial charge in [-0.1, -0.05) is 64.1 Å². The molecule has 0 unspecified atom stereocenters. The largest absolute Gasteiger partial charge is 0.352 e. The number of aryl methyl sites for hydroxylation is 1. The maximum atomic E-state index is 15.2. The van der Waals surface area contributed by atoms with Gasteiger partial charge >= 0.3 is 0 Å². The van der Waals surface area contributed by atoms with Crippen molar-refractivity contribution in [1.82, 2.24) is 15.1 Å². The molecule has 3 aromatic rings. The molecule has 196 valence electrons. The summed E-state index contributed by atoms with van der Waals surface area (Å²) in [4.78, 5) is 28.3. The van der Waals surface area contributed by atoms with Crippen LogP contribution in [0.25, 0.3) is 5.69 Å². The van der Waals surface area contributed by atoms with Gasteiger partial charge in [-0.3, -0.25) is 14.5 Å². The van der Waals surface area contributed by atoms with Crippen LogP contribution in [0.3, 0.4) is 0 Å². The molecule has 2 heterocycles.